The summed E-state index contributed by atoms with van der Waals surface area (Å²) in [6.45, 7) is 8.63. The molecule has 0 aliphatic carbocycles. The Balaban J connectivity index is 2.06. The van der Waals surface area contributed by atoms with Crippen molar-refractivity contribution in [3.63, 3.8) is 0 Å². The Hall–Kier alpha value is -1.20. The van der Waals surface area contributed by atoms with Gasteiger partial charge in [0.1, 0.15) is 5.82 Å². The van der Waals surface area contributed by atoms with Crippen LogP contribution >= 0.6 is 0 Å². The fourth-order valence-electron chi connectivity index (χ4n) is 2.09. The molecular weight excluding hydrogens is 228 g/mol. The van der Waals surface area contributed by atoms with Crippen LogP contribution in [-0.4, -0.2) is 42.3 Å². The fraction of sp³-hybridized carbons (Fsp3) is 0.692. The van der Waals surface area contributed by atoms with Crippen molar-refractivity contribution in [1.82, 2.24) is 15.3 Å². The van der Waals surface area contributed by atoms with Gasteiger partial charge in [0.25, 0.3) is 0 Å². The Bertz CT molecular complexity index is 372. The largest absolute Gasteiger partial charge is 0.377 e. The second-order valence-electron chi connectivity index (χ2n) is 4.63. The van der Waals surface area contributed by atoms with Crippen LogP contribution in [0, 0.1) is 0 Å². The molecule has 1 atom stereocenters. The van der Waals surface area contributed by atoms with Crippen molar-refractivity contribution < 1.29 is 4.74 Å². The van der Waals surface area contributed by atoms with Gasteiger partial charge in [-0.2, -0.15) is 0 Å². The topological polar surface area (TPSA) is 50.3 Å². The average Bonchev–Trinajstić information content (AvgIpc) is 2.61. The first-order valence-electron chi connectivity index (χ1n) is 6.67. The third kappa shape index (κ3) is 3.65. The Morgan fingerprint density at radius 1 is 1.50 bits per heavy atom. The van der Waals surface area contributed by atoms with Gasteiger partial charge >= 0.3 is 0 Å². The molecule has 0 radical (unpaired) electrons. The quantitative estimate of drug-likeness (QED) is 0.870. The molecule has 1 unspecified atom stereocenters. The molecule has 1 aromatic heterocycles. The highest BCUT2D eigenvalue weighted by Gasteiger charge is 2.16. The zero-order chi connectivity index (χ0) is 12.8. The predicted molar refractivity (Wildman–Crippen MR) is 71.7 cm³/mol. The maximum atomic E-state index is 5.65. The highest BCUT2D eigenvalue weighted by atomic mass is 16.5. The first-order valence-corrected chi connectivity index (χ1v) is 6.67. The highest BCUT2D eigenvalue weighted by molar-refractivity contribution is 5.36. The van der Waals surface area contributed by atoms with E-state index < -0.39 is 0 Å². The van der Waals surface area contributed by atoms with Crippen LogP contribution in [0.5, 0.6) is 0 Å². The standard InChI is InChI=1S/C13H22N4O/c1-3-14-7-12-8-15-9-13(16-12)17-5-4-6-18-11(2)10-17/h8-9,11,14H,3-7,10H2,1-2H3. The molecule has 5 heteroatoms. The van der Waals surface area contributed by atoms with Crippen molar-refractivity contribution >= 4 is 5.82 Å². The molecule has 0 spiro atoms. The van der Waals surface area contributed by atoms with Crippen molar-refractivity contribution in [1.29, 1.82) is 0 Å². The first kappa shape index (κ1) is 13.2. The van der Waals surface area contributed by atoms with Gasteiger partial charge in [0.15, 0.2) is 0 Å². The Kier molecular flexibility index (Phi) is 4.90. The summed E-state index contributed by atoms with van der Waals surface area (Å²) in [5, 5.41) is 3.27. The normalized spacial score (nSPS) is 20.8. The summed E-state index contributed by atoms with van der Waals surface area (Å²) >= 11 is 0. The van der Waals surface area contributed by atoms with Crippen molar-refractivity contribution in [2.24, 2.45) is 0 Å². The molecular formula is C13H22N4O. The van der Waals surface area contributed by atoms with Gasteiger partial charge in [-0.05, 0) is 19.9 Å². The molecule has 0 saturated carbocycles. The predicted octanol–water partition coefficient (Wildman–Crippen LogP) is 1.20. The van der Waals surface area contributed by atoms with Gasteiger partial charge in [-0.1, -0.05) is 6.92 Å². The molecule has 2 rings (SSSR count). The zero-order valence-electron chi connectivity index (χ0n) is 11.2. The lowest BCUT2D eigenvalue weighted by Crippen LogP contribution is -2.31. The summed E-state index contributed by atoms with van der Waals surface area (Å²) in [5.74, 6) is 0.961. The van der Waals surface area contributed by atoms with Gasteiger partial charge in [0.05, 0.1) is 18.0 Å². The van der Waals surface area contributed by atoms with Crippen LogP contribution in [0.1, 0.15) is 26.0 Å². The maximum absolute atomic E-state index is 5.65. The molecule has 1 aliphatic heterocycles. The van der Waals surface area contributed by atoms with Gasteiger partial charge in [0, 0.05) is 32.4 Å². The van der Waals surface area contributed by atoms with Gasteiger partial charge in [0.2, 0.25) is 0 Å². The van der Waals surface area contributed by atoms with E-state index in [0.29, 0.717) is 0 Å². The van der Waals surface area contributed by atoms with E-state index in [0.717, 1.165) is 50.7 Å². The number of nitrogens with zero attached hydrogens (tertiary/aromatic N) is 3. The molecule has 1 aliphatic rings. The Morgan fingerprint density at radius 3 is 3.22 bits per heavy atom. The molecule has 2 heterocycles. The van der Waals surface area contributed by atoms with Crippen LogP contribution in [0.2, 0.25) is 0 Å². The number of aromatic nitrogens is 2. The van der Waals surface area contributed by atoms with Crippen LogP contribution in [0.25, 0.3) is 0 Å². The SMILES string of the molecule is CCNCc1cncc(N2CCCOC(C)C2)n1. The van der Waals surface area contributed by atoms with Crippen LogP contribution in [0.4, 0.5) is 5.82 Å². The average molecular weight is 250 g/mol. The number of hydrogen-bond acceptors (Lipinski definition) is 5. The molecule has 1 fully saturated rings. The van der Waals surface area contributed by atoms with E-state index in [-0.39, 0.29) is 6.10 Å². The zero-order valence-corrected chi connectivity index (χ0v) is 11.2. The lowest BCUT2D eigenvalue weighted by molar-refractivity contribution is 0.0820. The van der Waals surface area contributed by atoms with E-state index in [1.807, 2.05) is 12.4 Å². The lowest BCUT2D eigenvalue weighted by Gasteiger charge is -2.23. The molecule has 0 bridgehead atoms. The minimum atomic E-state index is 0.256. The summed E-state index contributed by atoms with van der Waals surface area (Å²) in [7, 11) is 0. The van der Waals surface area contributed by atoms with Gasteiger partial charge in [-0.15, -0.1) is 0 Å². The van der Waals surface area contributed by atoms with Crippen LogP contribution in [0.15, 0.2) is 12.4 Å². The van der Waals surface area contributed by atoms with Gasteiger partial charge in [-0.25, -0.2) is 4.98 Å². The number of hydrogen-bond donors (Lipinski definition) is 1. The number of nitrogens with one attached hydrogen (secondary N) is 1. The van der Waals surface area contributed by atoms with Crippen molar-refractivity contribution in [2.75, 3.05) is 31.1 Å². The number of rotatable bonds is 4. The summed E-state index contributed by atoms with van der Waals surface area (Å²) in [6.07, 6.45) is 4.97. The summed E-state index contributed by atoms with van der Waals surface area (Å²) in [4.78, 5) is 11.2. The molecule has 5 nitrogen and oxygen atoms in total. The summed E-state index contributed by atoms with van der Waals surface area (Å²) in [5.41, 5.74) is 0.993. The lowest BCUT2D eigenvalue weighted by atomic mass is 10.3. The van der Waals surface area contributed by atoms with E-state index in [1.54, 1.807) is 0 Å². The summed E-state index contributed by atoms with van der Waals surface area (Å²) < 4.78 is 5.65. The Morgan fingerprint density at radius 2 is 2.39 bits per heavy atom. The molecule has 1 N–H and O–H groups in total. The van der Waals surface area contributed by atoms with Crippen molar-refractivity contribution in [2.45, 2.75) is 32.9 Å². The second-order valence-corrected chi connectivity index (χ2v) is 4.63. The molecule has 1 saturated heterocycles. The van der Waals surface area contributed by atoms with E-state index >= 15 is 0 Å². The minimum Gasteiger partial charge on any atom is -0.377 e. The highest BCUT2D eigenvalue weighted by Crippen LogP contribution is 2.14. The monoisotopic (exact) mass is 250 g/mol. The van der Waals surface area contributed by atoms with Gasteiger partial charge in [-0.3, -0.25) is 4.98 Å². The third-order valence-corrected chi connectivity index (χ3v) is 3.00. The molecule has 18 heavy (non-hydrogen) atoms. The third-order valence-electron chi connectivity index (χ3n) is 3.00. The molecule has 1 aromatic rings. The first-order chi connectivity index (χ1) is 8.79. The van der Waals surface area contributed by atoms with E-state index in [4.69, 9.17) is 4.74 Å². The van der Waals surface area contributed by atoms with E-state index in [1.165, 1.54) is 0 Å². The number of ether oxygens (including phenoxy) is 1. The Labute approximate surface area is 109 Å². The molecule has 100 valence electrons. The minimum absolute atomic E-state index is 0.256. The molecule has 0 aromatic carbocycles. The fourth-order valence-corrected chi connectivity index (χ4v) is 2.09. The van der Waals surface area contributed by atoms with Crippen molar-refractivity contribution in [3.8, 4) is 0 Å². The van der Waals surface area contributed by atoms with Crippen LogP contribution in [0.3, 0.4) is 0 Å². The van der Waals surface area contributed by atoms with Crippen molar-refractivity contribution in [3.05, 3.63) is 18.1 Å². The summed E-state index contributed by atoms with van der Waals surface area (Å²) in [6, 6.07) is 0. The smallest absolute Gasteiger partial charge is 0.147 e. The molecule has 0 amide bonds. The van der Waals surface area contributed by atoms with E-state index in [9.17, 15) is 0 Å². The van der Waals surface area contributed by atoms with Gasteiger partial charge < -0.3 is 15.0 Å². The second kappa shape index (κ2) is 6.66. The maximum Gasteiger partial charge on any atom is 0.147 e. The van der Waals surface area contributed by atoms with Crippen LogP contribution < -0.4 is 10.2 Å². The van der Waals surface area contributed by atoms with E-state index in [2.05, 4.69) is 34.0 Å². The number of anilines is 1. The van der Waals surface area contributed by atoms with Crippen LogP contribution in [-0.2, 0) is 11.3 Å².